The number of carbonyl (C=O) groups excluding carboxylic acids is 2. The van der Waals surface area contributed by atoms with Gasteiger partial charge in [0.1, 0.15) is 0 Å². The Labute approximate surface area is 183 Å². The summed E-state index contributed by atoms with van der Waals surface area (Å²) in [7, 11) is 2.09. The number of morpholine rings is 1. The van der Waals surface area contributed by atoms with Gasteiger partial charge in [0.2, 0.25) is 5.91 Å². The van der Waals surface area contributed by atoms with Crippen molar-refractivity contribution in [3.05, 3.63) is 59.7 Å². The van der Waals surface area contributed by atoms with Crippen LogP contribution >= 0.6 is 0 Å². The van der Waals surface area contributed by atoms with Crippen LogP contribution in [0, 0.1) is 0 Å². The van der Waals surface area contributed by atoms with Crippen LogP contribution in [0.15, 0.2) is 48.5 Å². The number of nitrogens with one attached hydrogen (secondary N) is 1. The summed E-state index contributed by atoms with van der Waals surface area (Å²) in [5.41, 5.74) is 3.90. The van der Waals surface area contributed by atoms with Gasteiger partial charge in [0.15, 0.2) is 0 Å². The zero-order chi connectivity index (χ0) is 21.6. The first-order valence-corrected chi connectivity index (χ1v) is 10.9. The predicted octanol–water partition coefficient (Wildman–Crippen LogP) is 2.12. The number of nitrogens with zero attached hydrogens (tertiary/aromatic N) is 3. The van der Waals surface area contributed by atoms with Gasteiger partial charge in [0, 0.05) is 45.3 Å². The third kappa shape index (κ3) is 5.17. The third-order valence-corrected chi connectivity index (χ3v) is 5.88. The normalized spacial score (nSPS) is 16.5. The van der Waals surface area contributed by atoms with Crippen molar-refractivity contribution in [2.45, 2.75) is 13.0 Å². The molecule has 2 aliphatic heterocycles. The molecule has 1 fully saturated rings. The molecule has 0 atom stereocenters. The van der Waals surface area contributed by atoms with E-state index in [0.717, 1.165) is 36.4 Å². The molecule has 0 saturated carbocycles. The summed E-state index contributed by atoms with van der Waals surface area (Å²) in [5, 5.41) is 3.01. The number of amides is 2. The fourth-order valence-corrected chi connectivity index (χ4v) is 4.10. The first-order chi connectivity index (χ1) is 15.1. The summed E-state index contributed by atoms with van der Waals surface area (Å²) in [4.78, 5) is 31.4. The highest BCUT2D eigenvalue weighted by molar-refractivity contribution is 5.94. The van der Waals surface area contributed by atoms with Crippen LogP contribution in [0.5, 0.6) is 0 Å². The maximum absolute atomic E-state index is 12.6. The molecule has 1 N–H and O–H groups in total. The van der Waals surface area contributed by atoms with Crippen molar-refractivity contribution >= 4 is 23.2 Å². The average molecular weight is 423 g/mol. The summed E-state index contributed by atoms with van der Waals surface area (Å²) in [6.45, 7) is 5.05. The number of para-hydroxylation sites is 2. The molecule has 2 amide bonds. The number of rotatable bonds is 5. The van der Waals surface area contributed by atoms with E-state index in [-0.39, 0.29) is 11.8 Å². The van der Waals surface area contributed by atoms with Crippen molar-refractivity contribution in [1.29, 1.82) is 0 Å². The second kappa shape index (κ2) is 9.83. The molecule has 0 aliphatic carbocycles. The highest BCUT2D eigenvalue weighted by Gasteiger charge is 2.20. The Morgan fingerprint density at radius 1 is 0.935 bits per heavy atom. The molecule has 2 aromatic carbocycles. The standard InChI is InChI=1S/C24H30N4O3/c1-26-11-4-12-28(22-6-3-2-5-21(22)26)18-23(29)25-17-19-7-9-20(10-8-19)24(30)27-13-15-31-16-14-27/h2-3,5-10H,4,11-18H2,1H3,(H,25,29). The van der Waals surface area contributed by atoms with Gasteiger partial charge >= 0.3 is 0 Å². The van der Waals surface area contributed by atoms with Crippen LogP contribution in [0.4, 0.5) is 11.4 Å². The van der Waals surface area contributed by atoms with Gasteiger partial charge in [-0.2, -0.15) is 0 Å². The van der Waals surface area contributed by atoms with E-state index in [9.17, 15) is 9.59 Å². The Bertz CT molecular complexity index is 909. The Hall–Kier alpha value is -3.06. The second-order valence-corrected chi connectivity index (χ2v) is 8.06. The lowest BCUT2D eigenvalue weighted by Gasteiger charge is -2.27. The maximum Gasteiger partial charge on any atom is 0.254 e. The molecule has 4 rings (SSSR count). The van der Waals surface area contributed by atoms with Crippen molar-refractivity contribution in [2.75, 3.05) is 62.8 Å². The van der Waals surface area contributed by atoms with E-state index in [4.69, 9.17) is 4.74 Å². The van der Waals surface area contributed by atoms with Crippen LogP contribution in [-0.4, -0.2) is 69.7 Å². The Morgan fingerprint density at radius 3 is 2.39 bits per heavy atom. The highest BCUT2D eigenvalue weighted by Crippen LogP contribution is 2.30. The van der Waals surface area contributed by atoms with Crippen molar-refractivity contribution in [3.8, 4) is 0 Å². The van der Waals surface area contributed by atoms with Gasteiger partial charge in [-0.15, -0.1) is 0 Å². The number of carbonyl (C=O) groups is 2. The molecule has 7 nitrogen and oxygen atoms in total. The molecule has 2 aliphatic rings. The minimum Gasteiger partial charge on any atom is -0.378 e. The lowest BCUT2D eigenvalue weighted by Crippen LogP contribution is -2.40. The molecule has 0 radical (unpaired) electrons. The minimum atomic E-state index is -0.00664. The smallest absolute Gasteiger partial charge is 0.254 e. The number of hydrogen-bond donors (Lipinski definition) is 1. The Kier molecular flexibility index (Phi) is 6.72. The van der Waals surface area contributed by atoms with E-state index in [2.05, 4.69) is 34.3 Å². The van der Waals surface area contributed by atoms with Crippen molar-refractivity contribution < 1.29 is 14.3 Å². The molecule has 0 aromatic heterocycles. The molecule has 164 valence electrons. The van der Waals surface area contributed by atoms with E-state index in [0.29, 0.717) is 45.0 Å². The number of hydrogen-bond acceptors (Lipinski definition) is 5. The van der Waals surface area contributed by atoms with Crippen LogP contribution in [0.1, 0.15) is 22.3 Å². The molecule has 0 spiro atoms. The van der Waals surface area contributed by atoms with Crippen molar-refractivity contribution in [3.63, 3.8) is 0 Å². The summed E-state index contributed by atoms with van der Waals surface area (Å²) in [6.07, 6.45) is 1.01. The molecule has 31 heavy (non-hydrogen) atoms. The quantitative estimate of drug-likeness (QED) is 0.800. The molecule has 2 heterocycles. The monoisotopic (exact) mass is 422 g/mol. The topological polar surface area (TPSA) is 65.1 Å². The number of ether oxygens (including phenoxy) is 1. The molecule has 0 unspecified atom stereocenters. The molecule has 2 aromatic rings. The zero-order valence-electron chi connectivity index (χ0n) is 18.0. The summed E-state index contributed by atoms with van der Waals surface area (Å²) >= 11 is 0. The van der Waals surface area contributed by atoms with Gasteiger partial charge in [-0.1, -0.05) is 24.3 Å². The first-order valence-electron chi connectivity index (χ1n) is 10.9. The van der Waals surface area contributed by atoms with E-state index < -0.39 is 0 Å². The summed E-state index contributed by atoms with van der Waals surface area (Å²) in [5.74, 6) is 0.0245. The van der Waals surface area contributed by atoms with Crippen LogP contribution < -0.4 is 15.1 Å². The highest BCUT2D eigenvalue weighted by atomic mass is 16.5. The first kappa shape index (κ1) is 21.2. The number of anilines is 2. The predicted molar refractivity (Wildman–Crippen MR) is 122 cm³/mol. The molecular formula is C24H30N4O3. The van der Waals surface area contributed by atoms with Gasteiger partial charge in [0.25, 0.3) is 5.91 Å². The average Bonchev–Trinajstić information content (AvgIpc) is 2.97. The third-order valence-electron chi connectivity index (χ3n) is 5.88. The zero-order valence-corrected chi connectivity index (χ0v) is 18.0. The molecule has 1 saturated heterocycles. The van der Waals surface area contributed by atoms with Crippen LogP contribution in [0.2, 0.25) is 0 Å². The van der Waals surface area contributed by atoms with Crippen LogP contribution in [0.3, 0.4) is 0 Å². The fraction of sp³-hybridized carbons (Fsp3) is 0.417. The molecular weight excluding hydrogens is 392 g/mol. The van der Waals surface area contributed by atoms with Crippen LogP contribution in [0.25, 0.3) is 0 Å². The molecule has 0 bridgehead atoms. The van der Waals surface area contributed by atoms with Crippen molar-refractivity contribution in [1.82, 2.24) is 10.2 Å². The van der Waals surface area contributed by atoms with Crippen LogP contribution in [-0.2, 0) is 16.1 Å². The van der Waals surface area contributed by atoms with E-state index in [1.807, 2.05) is 41.3 Å². The number of benzene rings is 2. The van der Waals surface area contributed by atoms with Gasteiger partial charge in [-0.05, 0) is 36.2 Å². The van der Waals surface area contributed by atoms with Gasteiger partial charge < -0.3 is 24.8 Å². The summed E-state index contributed by atoms with van der Waals surface area (Å²) in [6, 6.07) is 15.7. The fourth-order valence-electron chi connectivity index (χ4n) is 4.10. The van der Waals surface area contributed by atoms with E-state index >= 15 is 0 Å². The minimum absolute atomic E-state index is 0.00664. The SMILES string of the molecule is CN1CCCN(CC(=O)NCc2ccc(C(=O)N3CCOCC3)cc2)c2ccccc21. The van der Waals surface area contributed by atoms with Crippen molar-refractivity contribution in [2.24, 2.45) is 0 Å². The largest absolute Gasteiger partial charge is 0.378 e. The van der Waals surface area contributed by atoms with E-state index in [1.165, 1.54) is 0 Å². The Balaban J connectivity index is 1.32. The Morgan fingerprint density at radius 2 is 1.65 bits per heavy atom. The second-order valence-electron chi connectivity index (χ2n) is 8.06. The lowest BCUT2D eigenvalue weighted by atomic mass is 10.1. The summed E-state index contributed by atoms with van der Waals surface area (Å²) < 4.78 is 5.31. The van der Waals surface area contributed by atoms with Gasteiger partial charge in [-0.25, -0.2) is 0 Å². The van der Waals surface area contributed by atoms with Gasteiger partial charge in [-0.3, -0.25) is 9.59 Å². The molecule has 7 heteroatoms. The lowest BCUT2D eigenvalue weighted by molar-refractivity contribution is -0.119. The number of fused-ring (bicyclic) bond motifs is 1. The van der Waals surface area contributed by atoms with E-state index in [1.54, 1.807) is 0 Å². The maximum atomic E-state index is 12.6. The van der Waals surface area contributed by atoms with Gasteiger partial charge in [0.05, 0.1) is 31.1 Å².